The summed E-state index contributed by atoms with van der Waals surface area (Å²) in [5.41, 5.74) is 2.89. The molecular weight excluding hydrogens is 471 g/mol. The summed E-state index contributed by atoms with van der Waals surface area (Å²) in [5.74, 6) is 1.25. The maximum absolute atomic E-state index is 13.7. The summed E-state index contributed by atoms with van der Waals surface area (Å²) in [6.45, 7) is 1.67. The van der Waals surface area contributed by atoms with E-state index in [2.05, 4.69) is 4.98 Å². The van der Waals surface area contributed by atoms with Crippen molar-refractivity contribution in [2.75, 3.05) is 47.9 Å². The molecular formula is C27H32F3N3O3. The number of ether oxygens (including phenoxy) is 2. The number of alkyl halides is 3. The Morgan fingerprint density at radius 3 is 2.36 bits per heavy atom. The van der Waals surface area contributed by atoms with Crippen LogP contribution in [-0.2, 0) is 11.2 Å². The highest BCUT2D eigenvalue weighted by molar-refractivity contribution is 5.92. The molecule has 1 aromatic heterocycles. The fraction of sp³-hybridized carbons (Fsp3) is 0.444. The Bertz CT molecular complexity index is 1230. The van der Waals surface area contributed by atoms with E-state index in [-0.39, 0.29) is 17.4 Å². The highest BCUT2D eigenvalue weighted by Gasteiger charge is 2.32. The molecule has 0 unspecified atom stereocenters. The number of nitrogens with one attached hydrogen (secondary N) is 1. The van der Waals surface area contributed by atoms with Crippen molar-refractivity contribution in [1.29, 1.82) is 0 Å². The second-order valence-corrected chi connectivity index (χ2v) is 9.54. The zero-order valence-corrected chi connectivity index (χ0v) is 21.0. The number of likely N-dealkylation sites (tertiary alicyclic amines) is 1. The van der Waals surface area contributed by atoms with E-state index in [1.54, 1.807) is 18.2 Å². The minimum atomic E-state index is -4.37. The van der Waals surface area contributed by atoms with Gasteiger partial charge in [0, 0.05) is 29.6 Å². The number of aromatic nitrogens is 1. The Balaban J connectivity index is 1.67. The minimum absolute atomic E-state index is 0.103. The van der Waals surface area contributed by atoms with Crippen molar-refractivity contribution in [3.8, 4) is 22.8 Å². The van der Waals surface area contributed by atoms with Gasteiger partial charge in [-0.1, -0.05) is 6.07 Å². The molecule has 9 heteroatoms. The molecule has 6 nitrogen and oxygen atoms in total. The van der Waals surface area contributed by atoms with Crippen LogP contribution >= 0.6 is 0 Å². The number of H-pyrrole nitrogens is 1. The van der Waals surface area contributed by atoms with E-state index in [1.165, 1.54) is 14.2 Å². The van der Waals surface area contributed by atoms with Gasteiger partial charge in [0.1, 0.15) is 0 Å². The summed E-state index contributed by atoms with van der Waals surface area (Å²) in [4.78, 5) is 19.3. The molecule has 0 atom stereocenters. The minimum Gasteiger partial charge on any atom is -0.493 e. The van der Waals surface area contributed by atoms with Crippen LogP contribution in [0.3, 0.4) is 0 Å². The summed E-state index contributed by atoms with van der Waals surface area (Å²) in [7, 11) is 6.74. The molecule has 0 bridgehead atoms. The van der Waals surface area contributed by atoms with Crippen molar-refractivity contribution in [2.24, 2.45) is 0 Å². The van der Waals surface area contributed by atoms with Crippen molar-refractivity contribution in [1.82, 2.24) is 14.8 Å². The lowest BCUT2D eigenvalue weighted by Crippen LogP contribution is -2.42. The number of piperidine rings is 1. The lowest BCUT2D eigenvalue weighted by Gasteiger charge is -2.33. The fourth-order valence-corrected chi connectivity index (χ4v) is 4.97. The van der Waals surface area contributed by atoms with Crippen LogP contribution in [0.2, 0.25) is 0 Å². The number of rotatable bonds is 7. The van der Waals surface area contributed by atoms with Crippen LogP contribution in [0.15, 0.2) is 36.4 Å². The zero-order valence-electron chi connectivity index (χ0n) is 21.0. The molecule has 3 aromatic rings. The second-order valence-electron chi connectivity index (χ2n) is 9.54. The van der Waals surface area contributed by atoms with Crippen LogP contribution in [0.5, 0.6) is 11.5 Å². The number of nitrogens with zero attached hydrogens (tertiary/aromatic N) is 2. The molecule has 1 aliphatic rings. The third kappa shape index (κ3) is 5.61. The number of benzene rings is 2. The molecule has 0 aliphatic carbocycles. The maximum atomic E-state index is 13.7. The molecule has 0 radical (unpaired) electrons. The number of carbonyl (C=O) groups excluding carboxylic acids is 1. The number of likely N-dealkylation sites (N-methyl/N-ethyl adjacent to an activating group) is 1. The normalized spacial score (nSPS) is 15.1. The Hall–Kier alpha value is -3.20. The summed E-state index contributed by atoms with van der Waals surface area (Å²) < 4.78 is 51.7. The number of carbonyl (C=O) groups is 1. The molecule has 194 valence electrons. The van der Waals surface area contributed by atoms with Gasteiger partial charge in [-0.05, 0) is 74.3 Å². The van der Waals surface area contributed by atoms with Crippen LogP contribution in [0.4, 0.5) is 13.2 Å². The van der Waals surface area contributed by atoms with Gasteiger partial charge in [0.05, 0.1) is 32.9 Å². The van der Waals surface area contributed by atoms with Crippen LogP contribution in [0.1, 0.15) is 29.9 Å². The van der Waals surface area contributed by atoms with Gasteiger partial charge in [-0.3, -0.25) is 4.79 Å². The van der Waals surface area contributed by atoms with E-state index >= 15 is 0 Å². The van der Waals surface area contributed by atoms with Gasteiger partial charge >= 0.3 is 6.18 Å². The number of halogens is 3. The predicted molar refractivity (Wildman–Crippen MR) is 134 cm³/mol. The second kappa shape index (κ2) is 10.4. The largest absolute Gasteiger partial charge is 0.493 e. The van der Waals surface area contributed by atoms with E-state index in [1.807, 2.05) is 42.1 Å². The predicted octanol–water partition coefficient (Wildman–Crippen LogP) is 5.22. The van der Waals surface area contributed by atoms with Crippen LogP contribution < -0.4 is 9.47 Å². The van der Waals surface area contributed by atoms with E-state index in [4.69, 9.17) is 9.47 Å². The van der Waals surface area contributed by atoms with E-state index in [0.717, 1.165) is 18.4 Å². The molecule has 2 aromatic carbocycles. The number of hydrogen-bond acceptors (Lipinski definition) is 4. The number of amides is 1. The summed E-state index contributed by atoms with van der Waals surface area (Å²) in [6, 6.07) is 10.8. The quantitative estimate of drug-likeness (QED) is 0.480. The first-order valence-electron chi connectivity index (χ1n) is 12.0. The molecule has 0 saturated carbocycles. The lowest BCUT2D eigenvalue weighted by molar-refractivity contribution is -0.133. The Kier molecular flexibility index (Phi) is 7.49. The lowest BCUT2D eigenvalue weighted by atomic mass is 9.88. The number of aromatic amines is 1. The SMILES string of the molecule is COc1ccc(-c2[nH]c3ccc(C4CCN(C(=O)CN(C)C)CC4)cc3c2CC(F)(F)F)cc1OC. The van der Waals surface area contributed by atoms with Gasteiger partial charge in [-0.15, -0.1) is 0 Å². The van der Waals surface area contributed by atoms with E-state index in [0.29, 0.717) is 53.3 Å². The monoisotopic (exact) mass is 503 g/mol. The maximum Gasteiger partial charge on any atom is 0.393 e. The highest BCUT2D eigenvalue weighted by atomic mass is 19.4. The fourth-order valence-electron chi connectivity index (χ4n) is 4.97. The molecule has 0 spiro atoms. The molecule has 1 aliphatic heterocycles. The number of fused-ring (bicyclic) bond motifs is 1. The van der Waals surface area contributed by atoms with Crippen molar-refractivity contribution in [2.45, 2.75) is 31.4 Å². The topological polar surface area (TPSA) is 57.8 Å². The summed E-state index contributed by atoms with van der Waals surface area (Å²) >= 11 is 0. The number of methoxy groups -OCH3 is 2. The Labute approximate surface area is 209 Å². The van der Waals surface area contributed by atoms with Gasteiger partial charge in [0.2, 0.25) is 5.91 Å². The first kappa shape index (κ1) is 25.9. The first-order chi connectivity index (χ1) is 17.1. The molecule has 1 fully saturated rings. The number of hydrogen-bond donors (Lipinski definition) is 1. The van der Waals surface area contributed by atoms with Gasteiger partial charge in [-0.25, -0.2) is 0 Å². The molecule has 1 amide bonds. The molecule has 36 heavy (non-hydrogen) atoms. The third-order valence-corrected chi connectivity index (χ3v) is 6.75. The average Bonchev–Trinajstić information content (AvgIpc) is 3.19. The first-order valence-corrected chi connectivity index (χ1v) is 12.0. The van der Waals surface area contributed by atoms with Crippen LogP contribution in [-0.4, -0.2) is 74.8 Å². The van der Waals surface area contributed by atoms with Crippen LogP contribution in [0, 0.1) is 0 Å². The van der Waals surface area contributed by atoms with Gasteiger partial charge < -0.3 is 24.3 Å². The molecule has 2 heterocycles. The van der Waals surface area contributed by atoms with Gasteiger partial charge in [0.15, 0.2) is 11.5 Å². The van der Waals surface area contributed by atoms with Crippen LogP contribution in [0.25, 0.3) is 22.2 Å². The van der Waals surface area contributed by atoms with E-state index < -0.39 is 12.6 Å². The van der Waals surface area contributed by atoms with Crippen molar-refractivity contribution >= 4 is 16.8 Å². The third-order valence-electron chi connectivity index (χ3n) is 6.75. The molecule has 1 saturated heterocycles. The van der Waals surface area contributed by atoms with Gasteiger partial charge in [0.25, 0.3) is 0 Å². The Morgan fingerprint density at radius 1 is 1.06 bits per heavy atom. The molecule has 1 N–H and O–H groups in total. The average molecular weight is 504 g/mol. The van der Waals surface area contributed by atoms with Crippen molar-refractivity contribution in [3.63, 3.8) is 0 Å². The van der Waals surface area contributed by atoms with Gasteiger partial charge in [-0.2, -0.15) is 13.2 Å². The summed E-state index contributed by atoms with van der Waals surface area (Å²) in [6.07, 6.45) is -3.84. The highest BCUT2D eigenvalue weighted by Crippen LogP contribution is 2.40. The zero-order chi connectivity index (χ0) is 26.0. The summed E-state index contributed by atoms with van der Waals surface area (Å²) in [5, 5.41) is 0.570. The van der Waals surface area contributed by atoms with Crippen molar-refractivity contribution in [3.05, 3.63) is 47.5 Å². The van der Waals surface area contributed by atoms with E-state index in [9.17, 15) is 18.0 Å². The van der Waals surface area contributed by atoms with Crippen molar-refractivity contribution < 1.29 is 27.4 Å². The Morgan fingerprint density at radius 2 is 1.75 bits per heavy atom. The molecule has 4 rings (SSSR count). The smallest absolute Gasteiger partial charge is 0.393 e. The standard InChI is InChI=1S/C27H32F3N3O3/c1-32(2)16-25(34)33-11-9-17(10-12-33)18-5-7-22-20(13-18)21(15-27(28,29)30)26(31-22)19-6-8-23(35-3)24(14-19)36-4/h5-8,13-14,17,31H,9-12,15-16H2,1-4H3.